The monoisotopic (exact) mass is 226 g/mol. The van der Waals surface area contributed by atoms with Crippen LogP contribution in [-0.2, 0) is 0 Å². The maximum Gasteiger partial charge on any atom is 0.0107 e. The summed E-state index contributed by atoms with van der Waals surface area (Å²) in [6, 6.07) is 0.664. The van der Waals surface area contributed by atoms with E-state index in [0.29, 0.717) is 6.04 Å². The lowest BCUT2D eigenvalue weighted by Crippen LogP contribution is -2.38. The Kier molecular flexibility index (Phi) is 7.06. The van der Waals surface area contributed by atoms with Gasteiger partial charge in [0.2, 0.25) is 0 Å². The van der Waals surface area contributed by atoms with Crippen LogP contribution in [0.5, 0.6) is 0 Å². The van der Waals surface area contributed by atoms with E-state index in [1.54, 1.807) is 0 Å². The minimum atomic E-state index is 0.664. The van der Waals surface area contributed by atoms with Gasteiger partial charge in [-0.1, -0.05) is 33.1 Å². The van der Waals surface area contributed by atoms with Gasteiger partial charge in [0.25, 0.3) is 0 Å². The van der Waals surface area contributed by atoms with Crippen LogP contribution < -0.4 is 5.32 Å². The average Bonchev–Trinajstić information content (AvgIpc) is 2.56. The molecule has 0 radical (unpaired) electrons. The maximum atomic E-state index is 3.66. The second kappa shape index (κ2) is 8.08. The van der Waals surface area contributed by atoms with Crippen molar-refractivity contribution >= 4 is 0 Å². The molecule has 96 valence electrons. The molecule has 1 aliphatic rings. The van der Waals surface area contributed by atoms with E-state index in [1.165, 1.54) is 51.7 Å². The molecule has 2 heteroatoms. The van der Waals surface area contributed by atoms with Gasteiger partial charge in [-0.2, -0.15) is 0 Å². The van der Waals surface area contributed by atoms with Crippen molar-refractivity contribution in [3.05, 3.63) is 0 Å². The van der Waals surface area contributed by atoms with E-state index in [-0.39, 0.29) is 0 Å². The Morgan fingerprint density at radius 2 is 1.69 bits per heavy atom. The van der Waals surface area contributed by atoms with Crippen LogP contribution in [0.25, 0.3) is 0 Å². The fourth-order valence-electron chi connectivity index (χ4n) is 2.36. The van der Waals surface area contributed by atoms with Crippen LogP contribution in [0.4, 0.5) is 0 Å². The Hall–Kier alpha value is -0.0800. The Labute approximate surface area is 102 Å². The van der Waals surface area contributed by atoms with Crippen LogP contribution in [0.15, 0.2) is 0 Å². The van der Waals surface area contributed by atoms with Crippen molar-refractivity contribution in [3.8, 4) is 0 Å². The van der Waals surface area contributed by atoms with Crippen molar-refractivity contribution in [3.63, 3.8) is 0 Å². The molecule has 1 N–H and O–H groups in total. The molecule has 2 unspecified atom stereocenters. The Morgan fingerprint density at radius 1 is 1.06 bits per heavy atom. The zero-order chi connectivity index (χ0) is 11.8. The van der Waals surface area contributed by atoms with Crippen molar-refractivity contribution < 1.29 is 0 Å². The zero-order valence-electron chi connectivity index (χ0n) is 11.5. The molecule has 1 fully saturated rings. The molecule has 0 aromatic heterocycles. The van der Waals surface area contributed by atoms with Gasteiger partial charge in [-0.15, -0.1) is 0 Å². The molecule has 1 rings (SSSR count). The van der Waals surface area contributed by atoms with Crippen molar-refractivity contribution in [1.29, 1.82) is 0 Å². The highest BCUT2D eigenvalue weighted by atomic mass is 15.1. The van der Waals surface area contributed by atoms with Gasteiger partial charge in [0.15, 0.2) is 0 Å². The first-order valence-corrected chi connectivity index (χ1v) is 7.19. The van der Waals surface area contributed by atoms with Crippen LogP contribution in [0.2, 0.25) is 0 Å². The number of nitrogens with one attached hydrogen (secondary N) is 1. The molecule has 1 saturated heterocycles. The van der Waals surface area contributed by atoms with Crippen LogP contribution in [0.1, 0.15) is 52.9 Å². The van der Waals surface area contributed by atoms with Gasteiger partial charge >= 0.3 is 0 Å². The lowest BCUT2D eigenvalue weighted by atomic mass is 10.0. The lowest BCUT2D eigenvalue weighted by Gasteiger charge is -2.24. The third-order valence-corrected chi connectivity index (χ3v) is 4.09. The van der Waals surface area contributed by atoms with Crippen molar-refractivity contribution in [2.24, 2.45) is 5.92 Å². The van der Waals surface area contributed by atoms with E-state index in [0.717, 1.165) is 12.5 Å². The van der Waals surface area contributed by atoms with Gasteiger partial charge in [0.05, 0.1) is 0 Å². The standard InChI is InChI=1S/C14H30N2/c1-4-13(2)14(3)15-9-12-16-10-7-5-6-8-11-16/h13-15H,4-12H2,1-3H3. The summed E-state index contributed by atoms with van der Waals surface area (Å²) in [6.45, 7) is 12.0. The fraction of sp³-hybridized carbons (Fsp3) is 1.00. The topological polar surface area (TPSA) is 15.3 Å². The molecule has 0 aromatic rings. The highest BCUT2D eigenvalue weighted by molar-refractivity contribution is 4.69. The smallest absolute Gasteiger partial charge is 0.0107 e. The second-order valence-corrected chi connectivity index (χ2v) is 5.38. The molecular weight excluding hydrogens is 196 g/mol. The summed E-state index contributed by atoms with van der Waals surface area (Å²) in [6.07, 6.45) is 6.96. The summed E-state index contributed by atoms with van der Waals surface area (Å²) in [5.74, 6) is 0.795. The first kappa shape index (κ1) is 14.0. The molecule has 0 aliphatic carbocycles. The predicted octanol–water partition coefficient (Wildman–Crippen LogP) is 2.89. The minimum Gasteiger partial charge on any atom is -0.313 e. The summed E-state index contributed by atoms with van der Waals surface area (Å²) >= 11 is 0. The third-order valence-electron chi connectivity index (χ3n) is 4.09. The molecule has 0 amide bonds. The number of nitrogens with zero attached hydrogens (tertiary/aromatic N) is 1. The maximum absolute atomic E-state index is 3.66. The lowest BCUT2D eigenvalue weighted by molar-refractivity contribution is 0.272. The summed E-state index contributed by atoms with van der Waals surface area (Å²) < 4.78 is 0. The summed E-state index contributed by atoms with van der Waals surface area (Å²) in [7, 11) is 0. The average molecular weight is 226 g/mol. The molecule has 2 nitrogen and oxygen atoms in total. The predicted molar refractivity (Wildman–Crippen MR) is 71.8 cm³/mol. The molecule has 1 heterocycles. The highest BCUT2D eigenvalue weighted by Gasteiger charge is 2.11. The van der Waals surface area contributed by atoms with Gasteiger partial charge < -0.3 is 10.2 Å². The van der Waals surface area contributed by atoms with Gasteiger partial charge in [-0.25, -0.2) is 0 Å². The first-order chi connectivity index (χ1) is 7.74. The van der Waals surface area contributed by atoms with E-state index in [9.17, 15) is 0 Å². The highest BCUT2D eigenvalue weighted by Crippen LogP contribution is 2.09. The molecule has 2 atom stereocenters. The molecule has 16 heavy (non-hydrogen) atoms. The first-order valence-electron chi connectivity index (χ1n) is 7.19. The van der Waals surface area contributed by atoms with Crippen LogP contribution in [-0.4, -0.2) is 37.1 Å². The molecule has 1 aliphatic heterocycles. The fourth-order valence-corrected chi connectivity index (χ4v) is 2.36. The van der Waals surface area contributed by atoms with Gasteiger partial charge in [0, 0.05) is 19.1 Å². The van der Waals surface area contributed by atoms with Gasteiger partial charge in [-0.3, -0.25) is 0 Å². The van der Waals surface area contributed by atoms with E-state index in [1.807, 2.05) is 0 Å². The Bertz CT molecular complexity index is 162. The van der Waals surface area contributed by atoms with Crippen LogP contribution >= 0.6 is 0 Å². The van der Waals surface area contributed by atoms with E-state index < -0.39 is 0 Å². The third kappa shape index (κ3) is 5.31. The van der Waals surface area contributed by atoms with Crippen molar-refractivity contribution in [2.45, 2.75) is 58.9 Å². The summed E-state index contributed by atoms with van der Waals surface area (Å²) in [4.78, 5) is 2.63. The minimum absolute atomic E-state index is 0.664. The van der Waals surface area contributed by atoms with E-state index in [2.05, 4.69) is 31.0 Å². The Balaban J connectivity index is 2.09. The van der Waals surface area contributed by atoms with Crippen LogP contribution in [0, 0.1) is 5.92 Å². The molecule has 0 bridgehead atoms. The number of hydrogen-bond acceptors (Lipinski definition) is 2. The normalized spacial score (nSPS) is 22.7. The number of hydrogen-bond donors (Lipinski definition) is 1. The number of rotatable bonds is 6. The number of likely N-dealkylation sites (tertiary alicyclic amines) is 1. The largest absolute Gasteiger partial charge is 0.313 e. The van der Waals surface area contributed by atoms with Gasteiger partial charge in [0.1, 0.15) is 0 Å². The van der Waals surface area contributed by atoms with Gasteiger partial charge in [-0.05, 0) is 38.8 Å². The van der Waals surface area contributed by atoms with Crippen molar-refractivity contribution in [1.82, 2.24) is 10.2 Å². The van der Waals surface area contributed by atoms with E-state index in [4.69, 9.17) is 0 Å². The SMILES string of the molecule is CCC(C)C(C)NCCN1CCCCCC1. The molecule has 0 saturated carbocycles. The molecule has 0 spiro atoms. The Morgan fingerprint density at radius 3 is 2.25 bits per heavy atom. The summed E-state index contributed by atoms with van der Waals surface area (Å²) in [5.41, 5.74) is 0. The van der Waals surface area contributed by atoms with E-state index >= 15 is 0 Å². The van der Waals surface area contributed by atoms with Crippen LogP contribution in [0.3, 0.4) is 0 Å². The second-order valence-electron chi connectivity index (χ2n) is 5.38. The summed E-state index contributed by atoms with van der Waals surface area (Å²) in [5, 5.41) is 3.66. The molecule has 0 aromatic carbocycles. The quantitative estimate of drug-likeness (QED) is 0.749. The van der Waals surface area contributed by atoms with Crippen molar-refractivity contribution in [2.75, 3.05) is 26.2 Å². The molecular formula is C14H30N2. The zero-order valence-corrected chi connectivity index (χ0v) is 11.5.